The molecule has 0 aliphatic rings. The predicted octanol–water partition coefficient (Wildman–Crippen LogP) is 1.93. The molecule has 2 aromatic carbocycles. The monoisotopic (exact) mass is 483 g/mol. The average molecular weight is 484 g/mol. The van der Waals surface area contributed by atoms with E-state index in [2.05, 4.69) is 26.2 Å². The number of aliphatic carboxylic acids is 1. The maximum Gasteiger partial charge on any atom is 0.360 e. The van der Waals surface area contributed by atoms with Crippen LogP contribution in [0, 0.1) is 5.41 Å². The molecule has 12 heteroatoms. The highest BCUT2D eigenvalue weighted by atomic mass is 16.5. The number of ether oxygens (including phenoxy) is 1. The Labute approximate surface area is 202 Å². The highest BCUT2D eigenvalue weighted by Crippen LogP contribution is 2.18. The zero-order chi connectivity index (χ0) is 25.6. The minimum absolute atomic E-state index is 0.102. The Balaban J connectivity index is 2.07. The average Bonchev–Trinajstić information content (AvgIpc) is 2.84. The largest absolute Gasteiger partial charge is 0.497 e. The van der Waals surface area contributed by atoms with Crippen LogP contribution in [0.3, 0.4) is 0 Å². The SMILES string of the molecule is COc1ccc(N=NC(=O)N[C@@H](Cc2ccccc2)C(=O)N[C@@H](CCCNC(=N)N)C(=O)O)cc1. The lowest BCUT2D eigenvalue weighted by atomic mass is 10.0. The van der Waals surface area contributed by atoms with Gasteiger partial charge in [-0.2, -0.15) is 0 Å². The lowest BCUT2D eigenvalue weighted by Gasteiger charge is -2.21. The summed E-state index contributed by atoms with van der Waals surface area (Å²) in [6.45, 7) is 0.283. The molecule has 3 amide bonds. The molecule has 2 rings (SSSR count). The van der Waals surface area contributed by atoms with E-state index in [4.69, 9.17) is 15.9 Å². The first kappa shape index (κ1) is 26.8. The topological polar surface area (TPSA) is 191 Å². The molecule has 0 radical (unpaired) electrons. The number of benzene rings is 2. The molecule has 2 atom stereocenters. The minimum atomic E-state index is -1.22. The number of amides is 3. The number of carboxylic acid groups (broad SMARTS) is 1. The molecule has 0 saturated carbocycles. The highest BCUT2D eigenvalue weighted by Gasteiger charge is 2.26. The van der Waals surface area contributed by atoms with E-state index in [1.54, 1.807) is 48.5 Å². The van der Waals surface area contributed by atoms with Crippen molar-refractivity contribution in [3.63, 3.8) is 0 Å². The molecule has 2 aromatic rings. The van der Waals surface area contributed by atoms with Crippen LogP contribution < -0.4 is 26.4 Å². The third-order valence-electron chi connectivity index (χ3n) is 4.83. The summed E-state index contributed by atoms with van der Waals surface area (Å²) < 4.78 is 5.06. The van der Waals surface area contributed by atoms with Gasteiger partial charge in [0.15, 0.2) is 5.96 Å². The molecule has 0 heterocycles. The fourth-order valence-electron chi connectivity index (χ4n) is 3.05. The summed E-state index contributed by atoms with van der Waals surface area (Å²) in [5.41, 5.74) is 6.38. The Hall–Kier alpha value is -4.48. The van der Waals surface area contributed by atoms with Crippen molar-refractivity contribution in [2.45, 2.75) is 31.3 Å². The Bertz CT molecular complexity index is 1030. The van der Waals surface area contributed by atoms with Gasteiger partial charge in [0, 0.05) is 13.0 Å². The summed E-state index contributed by atoms with van der Waals surface area (Å²) in [7, 11) is 1.53. The number of rotatable bonds is 12. The summed E-state index contributed by atoms with van der Waals surface area (Å²) in [6, 6.07) is 12.4. The Morgan fingerprint density at radius 2 is 1.74 bits per heavy atom. The van der Waals surface area contributed by atoms with Crippen LogP contribution in [0.5, 0.6) is 5.75 Å². The van der Waals surface area contributed by atoms with E-state index >= 15 is 0 Å². The zero-order valence-electron chi connectivity index (χ0n) is 19.2. The van der Waals surface area contributed by atoms with Crippen LogP contribution in [0.15, 0.2) is 64.8 Å². The van der Waals surface area contributed by atoms with Crippen molar-refractivity contribution in [3.8, 4) is 5.75 Å². The molecule has 0 unspecified atom stereocenters. The molecule has 0 aliphatic heterocycles. The molecular weight excluding hydrogens is 454 g/mol. The van der Waals surface area contributed by atoms with Crippen LogP contribution in [0.2, 0.25) is 0 Å². The van der Waals surface area contributed by atoms with Crippen molar-refractivity contribution in [2.24, 2.45) is 16.0 Å². The van der Waals surface area contributed by atoms with Gasteiger partial charge < -0.3 is 31.5 Å². The van der Waals surface area contributed by atoms with Crippen LogP contribution in [0.1, 0.15) is 18.4 Å². The lowest BCUT2D eigenvalue weighted by molar-refractivity contribution is -0.142. The molecule has 186 valence electrons. The van der Waals surface area contributed by atoms with Crippen molar-refractivity contribution in [1.29, 1.82) is 5.41 Å². The third-order valence-corrected chi connectivity index (χ3v) is 4.83. The molecule has 35 heavy (non-hydrogen) atoms. The minimum Gasteiger partial charge on any atom is -0.497 e. The van der Waals surface area contributed by atoms with E-state index in [1.807, 2.05) is 6.07 Å². The van der Waals surface area contributed by atoms with Gasteiger partial charge >= 0.3 is 12.0 Å². The standard InChI is InChI=1S/C23H29N7O5/c1-35-17-11-9-16(10-12-17)29-30-23(34)28-19(14-15-6-3-2-4-7-15)20(31)27-18(21(32)33)8-5-13-26-22(24)25/h2-4,6-7,9-12,18-19H,5,8,13-14H2,1H3,(H,27,31)(H,28,34)(H,32,33)(H4,24,25,26)/t18-,19-/m0/s1. The fraction of sp³-hybridized carbons (Fsp3) is 0.304. The zero-order valence-corrected chi connectivity index (χ0v) is 19.2. The van der Waals surface area contributed by atoms with Gasteiger partial charge in [0.1, 0.15) is 17.8 Å². The number of urea groups is 1. The van der Waals surface area contributed by atoms with Crippen molar-refractivity contribution >= 4 is 29.6 Å². The number of nitrogens with zero attached hydrogens (tertiary/aromatic N) is 2. The number of hydrogen-bond donors (Lipinski definition) is 6. The first-order valence-electron chi connectivity index (χ1n) is 10.8. The van der Waals surface area contributed by atoms with Crippen molar-refractivity contribution in [3.05, 3.63) is 60.2 Å². The van der Waals surface area contributed by atoms with Gasteiger partial charge in [-0.3, -0.25) is 10.2 Å². The van der Waals surface area contributed by atoms with E-state index < -0.39 is 30.0 Å². The Morgan fingerprint density at radius 1 is 1.06 bits per heavy atom. The maximum atomic E-state index is 12.9. The third kappa shape index (κ3) is 9.90. The van der Waals surface area contributed by atoms with E-state index in [0.29, 0.717) is 17.9 Å². The summed E-state index contributed by atoms with van der Waals surface area (Å²) in [5.74, 6) is -1.49. The van der Waals surface area contributed by atoms with Crippen molar-refractivity contribution < 1.29 is 24.2 Å². The highest BCUT2D eigenvalue weighted by molar-refractivity contribution is 5.90. The van der Waals surface area contributed by atoms with Crippen LogP contribution in [0.25, 0.3) is 0 Å². The van der Waals surface area contributed by atoms with Gasteiger partial charge in [0.2, 0.25) is 5.91 Å². The number of carbonyl (C=O) groups excluding carboxylic acids is 2. The van der Waals surface area contributed by atoms with Gasteiger partial charge in [0.05, 0.1) is 12.8 Å². The number of nitrogens with one attached hydrogen (secondary N) is 4. The maximum absolute atomic E-state index is 12.9. The number of hydrogen-bond acceptors (Lipinski definition) is 6. The second-order valence-corrected chi connectivity index (χ2v) is 7.47. The number of nitrogens with two attached hydrogens (primary N) is 1. The van der Waals surface area contributed by atoms with E-state index in [0.717, 1.165) is 5.56 Å². The number of azo groups is 1. The predicted molar refractivity (Wildman–Crippen MR) is 129 cm³/mol. The van der Waals surface area contributed by atoms with Crippen LogP contribution in [-0.2, 0) is 16.0 Å². The second kappa shape index (κ2) is 13.9. The molecule has 0 spiro atoms. The molecule has 0 bridgehead atoms. The smallest absolute Gasteiger partial charge is 0.360 e. The molecule has 0 aliphatic carbocycles. The quantitative estimate of drug-likeness (QED) is 0.115. The molecule has 0 saturated heterocycles. The number of methoxy groups -OCH3 is 1. The van der Waals surface area contributed by atoms with E-state index in [9.17, 15) is 19.5 Å². The first-order valence-corrected chi connectivity index (χ1v) is 10.8. The lowest BCUT2D eigenvalue weighted by Crippen LogP contribution is -2.52. The molecule has 12 nitrogen and oxygen atoms in total. The summed E-state index contributed by atoms with van der Waals surface area (Å²) >= 11 is 0. The van der Waals surface area contributed by atoms with Crippen LogP contribution in [-0.4, -0.2) is 54.7 Å². The van der Waals surface area contributed by atoms with Gasteiger partial charge in [-0.15, -0.1) is 5.11 Å². The molecule has 0 aromatic heterocycles. The number of carbonyl (C=O) groups is 3. The van der Waals surface area contributed by atoms with Crippen LogP contribution >= 0.6 is 0 Å². The van der Waals surface area contributed by atoms with Crippen molar-refractivity contribution in [2.75, 3.05) is 13.7 Å². The second-order valence-electron chi connectivity index (χ2n) is 7.47. The summed E-state index contributed by atoms with van der Waals surface area (Å²) in [5, 5.41) is 31.6. The van der Waals surface area contributed by atoms with Crippen LogP contribution in [0.4, 0.5) is 10.5 Å². The molecular formula is C23H29N7O5. The van der Waals surface area contributed by atoms with Gasteiger partial charge in [-0.05, 0) is 42.7 Å². The summed E-state index contributed by atoms with van der Waals surface area (Å²) in [6.07, 6.45) is 0.571. The number of carboxylic acids is 1. The number of guanidine groups is 1. The van der Waals surface area contributed by atoms with Crippen molar-refractivity contribution in [1.82, 2.24) is 16.0 Å². The Morgan fingerprint density at radius 3 is 2.34 bits per heavy atom. The Kier molecular flexibility index (Phi) is 10.7. The van der Waals surface area contributed by atoms with Gasteiger partial charge in [-0.25, -0.2) is 9.59 Å². The van der Waals surface area contributed by atoms with Gasteiger partial charge in [0.25, 0.3) is 0 Å². The van der Waals surface area contributed by atoms with E-state index in [1.165, 1.54) is 7.11 Å². The first-order chi connectivity index (χ1) is 16.8. The molecule has 0 fully saturated rings. The van der Waals surface area contributed by atoms with E-state index in [-0.39, 0.29) is 25.3 Å². The van der Waals surface area contributed by atoms with Gasteiger partial charge in [-0.1, -0.05) is 35.4 Å². The molecule has 7 N–H and O–H groups in total. The normalized spacial score (nSPS) is 12.4. The fourth-order valence-corrected chi connectivity index (χ4v) is 3.05. The summed E-state index contributed by atoms with van der Waals surface area (Å²) in [4.78, 5) is 37.0.